The number of benzene rings is 1. The largest absolute Gasteiger partial charge is 0.299 e. The Morgan fingerprint density at radius 1 is 1.22 bits per heavy atom. The third-order valence-corrected chi connectivity index (χ3v) is 3.63. The predicted octanol–water partition coefficient (Wildman–Crippen LogP) is 3.62. The number of likely N-dealkylation sites (tertiary alicyclic amines) is 1. The topological polar surface area (TPSA) is 46.4 Å². The number of rotatable bonds is 3. The van der Waals surface area contributed by atoms with Crippen molar-refractivity contribution in [2.75, 3.05) is 13.1 Å². The molecule has 0 aromatic heterocycles. The fourth-order valence-corrected chi connectivity index (χ4v) is 2.54. The molecule has 1 aromatic carbocycles. The van der Waals surface area contributed by atoms with Crippen LogP contribution < -0.4 is 0 Å². The van der Waals surface area contributed by atoms with Crippen molar-refractivity contribution >= 4 is 17.3 Å². The van der Waals surface area contributed by atoms with Crippen molar-refractivity contribution in [2.45, 2.75) is 32.2 Å². The zero-order chi connectivity index (χ0) is 13.0. The molecular formula is C13H17ClN2O2. The molecule has 0 amide bonds. The Bertz CT molecular complexity index is 429. The molecule has 0 aliphatic carbocycles. The van der Waals surface area contributed by atoms with Gasteiger partial charge in [-0.05, 0) is 37.6 Å². The quantitative estimate of drug-likeness (QED) is 0.621. The van der Waals surface area contributed by atoms with E-state index in [1.807, 2.05) is 6.07 Å². The molecule has 2 rings (SSSR count). The first-order valence-electron chi connectivity index (χ1n) is 6.32. The summed E-state index contributed by atoms with van der Waals surface area (Å²) in [6.45, 7) is 2.94. The van der Waals surface area contributed by atoms with Gasteiger partial charge in [0.05, 0.1) is 4.92 Å². The third-order valence-electron chi connectivity index (χ3n) is 3.31. The van der Waals surface area contributed by atoms with Crippen molar-refractivity contribution in [1.82, 2.24) is 4.90 Å². The van der Waals surface area contributed by atoms with Crippen molar-refractivity contribution in [1.29, 1.82) is 0 Å². The highest BCUT2D eigenvalue weighted by Crippen LogP contribution is 2.26. The molecule has 1 fully saturated rings. The van der Waals surface area contributed by atoms with Crippen LogP contribution in [0.25, 0.3) is 0 Å². The van der Waals surface area contributed by atoms with Gasteiger partial charge in [-0.15, -0.1) is 0 Å². The van der Waals surface area contributed by atoms with E-state index in [0.29, 0.717) is 0 Å². The summed E-state index contributed by atoms with van der Waals surface area (Å²) >= 11 is 5.80. The minimum atomic E-state index is -0.422. The number of hydrogen-bond donors (Lipinski definition) is 0. The molecule has 0 N–H and O–H groups in total. The summed E-state index contributed by atoms with van der Waals surface area (Å²) in [5.74, 6) is 0. The van der Waals surface area contributed by atoms with Crippen LogP contribution in [-0.4, -0.2) is 22.9 Å². The van der Waals surface area contributed by atoms with E-state index in [0.717, 1.165) is 25.2 Å². The van der Waals surface area contributed by atoms with E-state index < -0.39 is 4.92 Å². The second kappa shape index (κ2) is 6.16. The van der Waals surface area contributed by atoms with E-state index >= 15 is 0 Å². The second-order valence-corrected chi connectivity index (χ2v) is 5.14. The van der Waals surface area contributed by atoms with E-state index in [1.54, 1.807) is 12.1 Å². The lowest BCUT2D eigenvalue weighted by Gasteiger charge is -2.19. The molecule has 0 atom stereocenters. The van der Waals surface area contributed by atoms with Crippen LogP contribution in [0.15, 0.2) is 18.2 Å². The van der Waals surface area contributed by atoms with Crippen molar-refractivity contribution in [3.05, 3.63) is 38.9 Å². The minimum absolute atomic E-state index is 0.00369. The van der Waals surface area contributed by atoms with Gasteiger partial charge in [-0.25, -0.2) is 0 Å². The van der Waals surface area contributed by atoms with Crippen molar-refractivity contribution in [2.24, 2.45) is 0 Å². The standard InChI is InChI=1S/C13H17ClN2O2/c14-12-6-5-11(9-13(12)16(17)18)10-15-7-3-1-2-4-8-15/h5-6,9H,1-4,7-8,10H2. The Hall–Kier alpha value is -1.13. The highest BCUT2D eigenvalue weighted by molar-refractivity contribution is 6.32. The average Bonchev–Trinajstić information content (AvgIpc) is 2.60. The monoisotopic (exact) mass is 268 g/mol. The number of nitro benzene ring substituents is 1. The summed E-state index contributed by atoms with van der Waals surface area (Å²) in [6.07, 6.45) is 5.01. The Balaban J connectivity index is 2.08. The van der Waals surface area contributed by atoms with Crippen molar-refractivity contribution < 1.29 is 4.92 Å². The zero-order valence-electron chi connectivity index (χ0n) is 10.3. The molecule has 1 aliphatic rings. The smallest absolute Gasteiger partial charge is 0.288 e. The predicted molar refractivity (Wildman–Crippen MR) is 71.9 cm³/mol. The third kappa shape index (κ3) is 3.43. The number of nitro groups is 1. The normalized spacial score (nSPS) is 17.4. The summed E-state index contributed by atoms with van der Waals surface area (Å²) in [4.78, 5) is 12.8. The number of hydrogen-bond acceptors (Lipinski definition) is 3. The lowest BCUT2D eigenvalue weighted by molar-refractivity contribution is -0.384. The van der Waals surface area contributed by atoms with Crippen LogP contribution in [0.1, 0.15) is 31.2 Å². The highest BCUT2D eigenvalue weighted by Gasteiger charge is 2.15. The van der Waals surface area contributed by atoms with Crippen molar-refractivity contribution in [3.8, 4) is 0 Å². The second-order valence-electron chi connectivity index (χ2n) is 4.73. The number of halogens is 1. The van der Waals surface area contributed by atoms with Crippen LogP contribution >= 0.6 is 11.6 Å². The van der Waals surface area contributed by atoms with Gasteiger partial charge in [0.15, 0.2) is 0 Å². The molecule has 1 saturated heterocycles. The van der Waals surface area contributed by atoms with E-state index in [2.05, 4.69) is 4.90 Å². The van der Waals surface area contributed by atoms with Gasteiger partial charge in [0.1, 0.15) is 5.02 Å². The Labute approximate surface area is 112 Å². The first kappa shape index (κ1) is 13.3. The maximum absolute atomic E-state index is 10.8. The molecule has 98 valence electrons. The Kier molecular flexibility index (Phi) is 4.55. The fourth-order valence-electron chi connectivity index (χ4n) is 2.35. The van der Waals surface area contributed by atoms with Gasteiger partial charge in [0.25, 0.3) is 5.69 Å². The van der Waals surface area contributed by atoms with Crippen LogP contribution in [0.4, 0.5) is 5.69 Å². The summed E-state index contributed by atoms with van der Waals surface area (Å²) < 4.78 is 0. The lowest BCUT2D eigenvalue weighted by Crippen LogP contribution is -2.23. The molecule has 5 heteroatoms. The first-order chi connectivity index (χ1) is 8.66. The van der Waals surface area contributed by atoms with Crippen LogP contribution in [0.5, 0.6) is 0 Å². The van der Waals surface area contributed by atoms with Crippen LogP contribution in [0.3, 0.4) is 0 Å². The molecule has 0 spiro atoms. The van der Waals surface area contributed by atoms with Gasteiger partial charge in [-0.2, -0.15) is 0 Å². The van der Waals surface area contributed by atoms with E-state index in [4.69, 9.17) is 11.6 Å². The van der Waals surface area contributed by atoms with E-state index in [-0.39, 0.29) is 10.7 Å². The molecule has 0 saturated carbocycles. The Morgan fingerprint density at radius 2 is 1.89 bits per heavy atom. The summed E-state index contributed by atoms with van der Waals surface area (Å²) in [7, 11) is 0. The maximum Gasteiger partial charge on any atom is 0.288 e. The molecule has 0 radical (unpaired) electrons. The maximum atomic E-state index is 10.8. The highest BCUT2D eigenvalue weighted by atomic mass is 35.5. The summed E-state index contributed by atoms with van der Waals surface area (Å²) in [5.41, 5.74) is 0.969. The van der Waals surface area contributed by atoms with Gasteiger partial charge in [-0.3, -0.25) is 15.0 Å². The SMILES string of the molecule is O=[N+]([O-])c1cc(CN2CCCCCC2)ccc1Cl. The minimum Gasteiger partial charge on any atom is -0.299 e. The molecule has 1 aromatic rings. The van der Waals surface area contributed by atoms with Crippen LogP contribution in [0, 0.1) is 10.1 Å². The Morgan fingerprint density at radius 3 is 2.50 bits per heavy atom. The van der Waals surface area contributed by atoms with E-state index in [1.165, 1.54) is 25.7 Å². The van der Waals surface area contributed by atoms with Crippen LogP contribution in [-0.2, 0) is 6.54 Å². The molecule has 0 bridgehead atoms. The first-order valence-corrected chi connectivity index (χ1v) is 6.70. The van der Waals surface area contributed by atoms with Gasteiger partial charge >= 0.3 is 0 Å². The zero-order valence-corrected chi connectivity index (χ0v) is 11.0. The van der Waals surface area contributed by atoms with Crippen molar-refractivity contribution in [3.63, 3.8) is 0 Å². The fraction of sp³-hybridized carbons (Fsp3) is 0.538. The summed E-state index contributed by atoms with van der Waals surface area (Å²) in [5, 5.41) is 11.0. The van der Waals surface area contributed by atoms with Crippen LogP contribution in [0.2, 0.25) is 5.02 Å². The van der Waals surface area contributed by atoms with Gasteiger partial charge < -0.3 is 0 Å². The van der Waals surface area contributed by atoms with Gasteiger partial charge in [0, 0.05) is 12.6 Å². The van der Waals surface area contributed by atoms with E-state index in [9.17, 15) is 10.1 Å². The lowest BCUT2D eigenvalue weighted by atomic mass is 10.2. The summed E-state index contributed by atoms with van der Waals surface area (Å²) in [6, 6.07) is 5.08. The van der Waals surface area contributed by atoms with Gasteiger partial charge in [-0.1, -0.05) is 30.5 Å². The molecule has 0 unspecified atom stereocenters. The molecule has 4 nitrogen and oxygen atoms in total. The average molecular weight is 269 g/mol. The number of nitrogens with zero attached hydrogens (tertiary/aromatic N) is 2. The molecule has 1 heterocycles. The molecular weight excluding hydrogens is 252 g/mol. The molecule has 18 heavy (non-hydrogen) atoms. The molecule has 1 aliphatic heterocycles. The van der Waals surface area contributed by atoms with Gasteiger partial charge in [0.2, 0.25) is 0 Å².